The number of β-amino-alcohol motifs (C(OH)–C–C–N with tert-alkyl or cyclic N) is 1. The first kappa shape index (κ1) is 25.1. The molecule has 2 aliphatic rings. The number of amides is 2. The average molecular weight is 491 g/mol. The Hall–Kier alpha value is -2.98. The molecule has 1 saturated carbocycles. The van der Waals surface area contributed by atoms with E-state index in [-0.39, 0.29) is 5.56 Å². The third-order valence-corrected chi connectivity index (χ3v) is 6.84. The number of carbonyl (C=O) groups excluding carboxylic acids is 2. The summed E-state index contributed by atoms with van der Waals surface area (Å²) in [5.74, 6) is -0.837. The number of alkyl halides is 3. The molecular weight excluding hydrogens is 461 g/mol. The van der Waals surface area contributed by atoms with Crippen molar-refractivity contribution in [2.45, 2.75) is 56.0 Å². The number of benzene rings is 1. The Morgan fingerprint density at radius 1 is 1.06 bits per heavy atom. The summed E-state index contributed by atoms with van der Waals surface area (Å²) in [4.78, 5) is 31.2. The number of halogens is 3. The molecular formula is C25H29F3N4O3. The number of pyridine rings is 1. The second-order valence-corrected chi connectivity index (χ2v) is 9.22. The monoisotopic (exact) mass is 490 g/mol. The van der Waals surface area contributed by atoms with Crippen molar-refractivity contribution >= 4 is 11.8 Å². The Morgan fingerprint density at radius 2 is 1.83 bits per heavy atom. The van der Waals surface area contributed by atoms with E-state index in [2.05, 4.69) is 26.6 Å². The highest BCUT2D eigenvalue weighted by molar-refractivity contribution is 5.96. The van der Waals surface area contributed by atoms with E-state index < -0.39 is 42.2 Å². The van der Waals surface area contributed by atoms with E-state index in [9.17, 15) is 27.9 Å². The third-order valence-electron chi connectivity index (χ3n) is 6.84. The van der Waals surface area contributed by atoms with E-state index >= 15 is 0 Å². The van der Waals surface area contributed by atoms with Gasteiger partial charge in [-0.05, 0) is 56.0 Å². The quantitative estimate of drug-likeness (QED) is 0.579. The predicted molar refractivity (Wildman–Crippen MR) is 123 cm³/mol. The molecule has 0 radical (unpaired) electrons. The van der Waals surface area contributed by atoms with Gasteiger partial charge in [-0.25, -0.2) is 0 Å². The van der Waals surface area contributed by atoms with Gasteiger partial charge in [0.15, 0.2) is 0 Å². The fourth-order valence-corrected chi connectivity index (χ4v) is 4.97. The largest absolute Gasteiger partial charge is 0.416 e. The zero-order chi connectivity index (χ0) is 25.0. The third kappa shape index (κ3) is 6.37. The summed E-state index contributed by atoms with van der Waals surface area (Å²) in [5.41, 5.74) is 0.00330. The van der Waals surface area contributed by atoms with Gasteiger partial charge in [0.05, 0.1) is 24.3 Å². The van der Waals surface area contributed by atoms with Crippen LogP contribution >= 0.6 is 0 Å². The molecule has 4 rings (SSSR count). The molecule has 1 aliphatic heterocycles. The number of nitrogens with zero attached hydrogens (tertiary/aromatic N) is 2. The van der Waals surface area contributed by atoms with Crippen LogP contribution in [0.1, 0.15) is 53.2 Å². The Kier molecular flexibility index (Phi) is 7.71. The molecule has 188 valence electrons. The summed E-state index contributed by atoms with van der Waals surface area (Å²) in [6.45, 7) is 0.571. The highest BCUT2D eigenvalue weighted by Crippen LogP contribution is 2.35. The van der Waals surface area contributed by atoms with Crippen molar-refractivity contribution in [3.8, 4) is 0 Å². The van der Waals surface area contributed by atoms with Crippen molar-refractivity contribution in [1.82, 2.24) is 20.5 Å². The lowest BCUT2D eigenvalue weighted by Gasteiger charge is -2.34. The summed E-state index contributed by atoms with van der Waals surface area (Å²) < 4.78 is 38.5. The average Bonchev–Trinajstić information content (AvgIpc) is 3.22. The summed E-state index contributed by atoms with van der Waals surface area (Å²) in [6, 6.07) is 9.84. The molecule has 2 aromatic rings. The van der Waals surface area contributed by atoms with Crippen LogP contribution < -0.4 is 10.6 Å². The lowest BCUT2D eigenvalue weighted by molar-refractivity contribution is -0.137. The molecule has 2 atom stereocenters. The van der Waals surface area contributed by atoms with Crippen LogP contribution in [0, 0.1) is 0 Å². The Balaban J connectivity index is 1.23. The molecule has 1 unspecified atom stereocenters. The fraction of sp³-hybridized carbons (Fsp3) is 0.480. The van der Waals surface area contributed by atoms with Crippen molar-refractivity contribution < 1.29 is 27.9 Å². The molecule has 1 aliphatic carbocycles. The fourth-order valence-electron chi connectivity index (χ4n) is 4.97. The number of hydrogen-bond acceptors (Lipinski definition) is 5. The normalized spacial score (nSPS) is 25.3. The van der Waals surface area contributed by atoms with Gasteiger partial charge in [0, 0.05) is 42.5 Å². The topological polar surface area (TPSA) is 94.6 Å². The van der Waals surface area contributed by atoms with Gasteiger partial charge >= 0.3 is 6.18 Å². The first-order valence-corrected chi connectivity index (χ1v) is 11.8. The lowest BCUT2D eigenvalue weighted by atomic mass is 9.83. The zero-order valence-electron chi connectivity index (χ0n) is 19.2. The molecule has 0 bridgehead atoms. The van der Waals surface area contributed by atoms with Crippen LogP contribution in [0.5, 0.6) is 0 Å². The molecule has 1 aromatic carbocycles. The van der Waals surface area contributed by atoms with Gasteiger partial charge in [0.25, 0.3) is 5.91 Å². The maximum Gasteiger partial charge on any atom is 0.416 e. The number of aromatic nitrogens is 1. The Labute approximate surface area is 201 Å². The van der Waals surface area contributed by atoms with Gasteiger partial charge in [0.2, 0.25) is 5.91 Å². The predicted octanol–water partition coefficient (Wildman–Crippen LogP) is 2.72. The molecule has 2 fully saturated rings. The summed E-state index contributed by atoms with van der Waals surface area (Å²) in [6.07, 6.45) is 0.540. The van der Waals surface area contributed by atoms with E-state index in [0.717, 1.165) is 49.6 Å². The Morgan fingerprint density at radius 3 is 2.51 bits per heavy atom. The van der Waals surface area contributed by atoms with Gasteiger partial charge in [0.1, 0.15) is 0 Å². The smallest absolute Gasteiger partial charge is 0.390 e. The summed E-state index contributed by atoms with van der Waals surface area (Å²) in [7, 11) is 0. The number of aliphatic hydroxyl groups is 1. The van der Waals surface area contributed by atoms with Crippen molar-refractivity contribution in [3.05, 3.63) is 65.5 Å². The summed E-state index contributed by atoms with van der Waals surface area (Å²) in [5, 5.41) is 15.6. The Bertz CT molecular complexity index is 1030. The highest BCUT2D eigenvalue weighted by atomic mass is 19.4. The van der Waals surface area contributed by atoms with Gasteiger partial charge in [-0.1, -0.05) is 12.1 Å². The second kappa shape index (κ2) is 10.7. The number of carbonyl (C=O) groups is 2. The number of aliphatic hydroxyl groups excluding tert-OH is 1. The molecule has 2 amide bonds. The molecule has 10 heteroatoms. The SMILES string of the molecule is O=C(CNC(=O)c1cccc(C(F)(F)F)c1)N[C@H]1CN(C2CCC(c3ccccn3)CC2)CC1O. The molecule has 2 heterocycles. The molecule has 0 spiro atoms. The second-order valence-electron chi connectivity index (χ2n) is 9.22. The summed E-state index contributed by atoms with van der Waals surface area (Å²) >= 11 is 0. The standard InChI is InChI=1S/C25H29F3N4O3/c26-25(27,28)18-5-3-4-17(12-18)24(35)30-13-23(34)31-21-14-32(15-22(21)33)19-9-7-16(8-10-19)20-6-1-2-11-29-20/h1-6,11-12,16,19,21-22,33H,7-10,13-15H2,(H,30,35)(H,31,34)/t16?,19?,21-,22?/m0/s1. The van der Waals surface area contributed by atoms with E-state index in [1.807, 2.05) is 18.3 Å². The minimum atomic E-state index is -4.56. The number of likely N-dealkylation sites (tertiary alicyclic amines) is 1. The molecule has 3 N–H and O–H groups in total. The van der Waals surface area contributed by atoms with Gasteiger partial charge < -0.3 is 15.7 Å². The van der Waals surface area contributed by atoms with Crippen LogP contribution in [0.15, 0.2) is 48.7 Å². The van der Waals surface area contributed by atoms with Crippen molar-refractivity contribution in [2.75, 3.05) is 19.6 Å². The van der Waals surface area contributed by atoms with Crippen LogP contribution in [-0.4, -0.2) is 64.6 Å². The van der Waals surface area contributed by atoms with Gasteiger partial charge in [-0.3, -0.25) is 19.5 Å². The first-order chi connectivity index (χ1) is 16.7. The van der Waals surface area contributed by atoms with E-state index in [1.165, 1.54) is 6.07 Å². The number of nitrogens with one attached hydrogen (secondary N) is 2. The van der Waals surface area contributed by atoms with Gasteiger partial charge in [-0.15, -0.1) is 0 Å². The molecule has 1 saturated heterocycles. The van der Waals surface area contributed by atoms with Crippen LogP contribution in [0.2, 0.25) is 0 Å². The zero-order valence-corrected chi connectivity index (χ0v) is 19.2. The van der Waals surface area contributed by atoms with Crippen LogP contribution in [-0.2, 0) is 11.0 Å². The molecule has 35 heavy (non-hydrogen) atoms. The van der Waals surface area contributed by atoms with Crippen molar-refractivity contribution in [1.29, 1.82) is 0 Å². The molecule has 1 aromatic heterocycles. The van der Waals surface area contributed by atoms with Crippen LogP contribution in [0.4, 0.5) is 13.2 Å². The maximum atomic E-state index is 12.8. The molecule has 7 nitrogen and oxygen atoms in total. The number of rotatable bonds is 6. The van der Waals surface area contributed by atoms with Crippen molar-refractivity contribution in [3.63, 3.8) is 0 Å². The van der Waals surface area contributed by atoms with Gasteiger partial charge in [-0.2, -0.15) is 13.2 Å². The van der Waals surface area contributed by atoms with Crippen LogP contribution in [0.25, 0.3) is 0 Å². The minimum absolute atomic E-state index is 0.180. The van der Waals surface area contributed by atoms with E-state index in [0.29, 0.717) is 25.0 Å². The van der Waals surface area contributed by atoms with E-state index in [4.69, 9.17) is 0 Å². The first-order valence-electron chi connectivity index (χ1n) is 11.8. The lowest BCUT2D eigenvalue weighted by Crippen LogP contribution is -2.47. The van der Waals surface area contributed by atoms with Crippen molar-refractivity contribution in [2.24, 2.45) is 0 Å². The highest BCUT2D eigenvalue weighted by Gasteiger charge is 2.37. The number of hydrogen-bond donors (Lipinski definition) is 3. The maximum absolute atomic E-state index is 12.8. The van der Waals surface area contributed by atoms with E-state index in [1.54, 1.807) is 0 Å². The minimum Gasteiger partial charge on any atom is -0.390 e. The van der Waals surface area contributed by atoms with Crippen LogP contribution in [0.3, 0.4) is 0 Å².